The van der Waals surface area contributed by atoms with Gasteiger partial charge < -0.3 is 10.1 Å². The molecule has 0 unspecified atom stereocenters. The second-order valence-electron chi connectivity index (χ2n) is 6.47. The van der Waals surface area contributed by atoms with Gasteiger partial charge in [-0.15, -0.1) is 11.3 Å². The van der Waals surface area contributed by atoms with Crippen molar-refractivity contribution in [1.29, 1.82) is 0 Å². The predicted molar refractivity (Wildman–Crippen MR) is 109 cm³/mol. The number of carbonyl (C=O) groups excluding carboxylic acids is 1. The Kier molecular flexibility index (Phi) is 6.60. The quantitative estimate of drug-likeness (QED) is 0.629. The molecule has 4 nitrogen and oxygen atoms in total. The Balaban J connectivity index is 1.45. The third kappa shape index (κ3) is 5.93. The van der Waals surface area contributed by atoms with Crippen LogP contribution in [0.5, 0.6) is 5.75 Å². The Morgan fingerprint density at radius 3 is 2.56 bits per heavy atom. The molecule has 0 aliphatic carbocycles. The first-order valence-electron chi connectivity index (χ1n) is 9.05. The Bertz CT molecular complexity index is 873. The van der Waals surface area contributed by atoms with Crippen molar-refractivity contribution in [2.45, 2.75) is 33.2 Å². The summed E-state index contributed by atoms with van der Waals surface area (Å²) in [6.07, 6.45) is 1.21. The van der Waals surface area contributed by atoms with Gasteiger partial charge in [-0.1, -0.05) is 48.0 Å². The van der Waals surface area contributed by atoms with Gasteiger partial charge in [-0.25, -0.2) is 4.98 Å². The average Bonchev–Trinajstić information content (AvgIpc) is 3.02. The van der Waals surface area contributed by atoms with E-state index >= 15 is 0 Å². The van der Waals surface area contributed by atoms with Crippen molar-refractivity contribution in [2.24, 2.45) is 0 Å². The molecule has 0 radical (unpaired) electrons. The average molecular weight is 381 g/mol. The summed E-state index contributed by atoms with van der Waals surface area (Å²) in [5.41, 5.74) is 3.58. The Morgan fingerprint density at radius 1 is 1.07 bits per heavy atom. The number of hydrogen-bond acceptors (Lipinski definition) is 4. The van der Waals surface area contributed by atoms with Crippen molar-refractivity contribution in [2.75, 3.05) is 6.61 Å². The fraction of sp³-hybridized carbons (Fsp3) is 0.273. The summed E-state index contributed by atoms with van der Waals surface area (Å²) in [4.78, 5) is 17.8. The maximum Gasteiger partial charge on any atom is 0.223 e. The van der Waals surface area contributed by atoms with Gasteiger partial charge in [0.25, 0.3) is 0 Å². The summed E-state index contributed by atoms with van der Waals surface area (Å²) >= 11 is 1.66. The minimum atomic E-state index is -0.0288. The summed E-state index contributed by atoms with van der Waals surface area (Å²) in [6.45, 7) is 4.95. The molecular formula is C22H24N2O2S. The Morgan fingerprint density at radius 2 is 1.81 bits per heavy atom. The lowest BCUT2D eigenvalue weighted by atomic mass is 10.1. The molecule has 1 amide bonds. The first-order chi connectivity index (χ1) is 13.1. The number of para-hydroxylation sites is 1. The van der Waals surface area contributed by atoms with E-state index in [9.17, 15) is 4.79 Å². The van der Waals surface area contributed by atoms with Crippen LogP contribution in [0.25, 0.3) is 0 Å². The summed E-state index contributed by atoms with van der Waals surface area (Å²) in [6, 6.07) is 18.1. The first kappa shape index (κ1) is 19.1. The number of hydrogen-bond donors (Lipinski definition) is 1. The Labute approximate surface area is 164 Å². The van der Waals surface area contributed by atoms with Crippen molar-refractivity contribution >= 4 is 17.2 Å². The number of nitrogens with one attached hydrogen (secondary N) is 1. The number of carbonyl (C=O) groups is 1. The van der Waals surface area contributed by atoms with E-state index in [4.69, 9.17) is 4.74 Å². The largest absolute Gasteiger partial charge is 0.493 e. The molecule has 3 rings (SSSR count). The maximum atomic E-state index is 12.0. The standard InChI is InChI=1S/C22H24N2O2S/c1-16-8-10-18(11-9-16)14-20-17(2)24-22(27-20)15-23-21(25)12-13-26-19-6-4-3-5-7-19/h3-11H,12-15H2,1-2H3,(H,23,25). The zero-order chi connectivity index (χ0) is 19.1. The zero-order valence-corrected chi connectivity index (χ0v) is 16.5. The van der Waals surface area contributed by atoms with Crippen LogP contribution in [0.2, 0.25) is 0 Å². The van der Waals surface area contributed by atoms with E-state index in [2.05, 4.69) is 41.5 Å². The van der Waals surface area contributed by atoms with Gasteiger partial charge >= 0.3 is 0 Å². The molecule has 1 aromatic heterocycles. The molecule has 27 heavy (non-hydrogen) atoms. The van der Waals surface area contributed by atoms with Crippen molar-refractivity contribution < 1.29 is 9.53 Å². The first-order valence-corrected chi connectivity index (χ1v) is 9.87. The fourth-order valence-corrected chi connectivity index (χ4v) is 3.70. The number of thiazole rings is 1. The monoisotopic (exact) mass is 380 g/mol. The second kappa shape index (κ2) is 9.33. The van der Waals surface area contributed by atoms with Gasteiger partial charge in [0, 0.05) is 11.3 Å². The van der Waals surface area contributed by atoms with Crippen LogP contribution >= 0.6 is 11.3 Å². The molecule has 1 N–H and O–H groups in total. The van der Waals surface area contributed by atoms with Crippen LogP contribution in [0.15, 0.2) is 54.6 Å². The normalized spacial score (nSPS) is 10.6. The smallest absolute Gasteiger partial charge is 0.223 e. The van der Waals surface area contributed by atoms with Crippen molar-refractivity contribution in [3.05, 3.63) is 81.3 Å². The molecule has 0 aliphatic rings. The topological polar surface area (TPSA) is 51.2 Å². The molecule has 0 aliphatic heterocycles. The number of benzene rings is 2. The number of aryl methyl sites for hydroxylation is 2. The van der Waals surface area contributed by atoms with E-state index in [1.54, 1.807) is 11.3 Å². The number of rotatable bonds is 8. The lowest BCUT2D eigenvalue weighted by molar-refractivity contribution is -0.121. The maximum absolute atomic E-state index is 12.0. The van der Waals surface area contributed by atoms with Crippen LogP contribution in [0, 0.1) is 13.8 Å². The van der Waals surface area contributed by atoms with E-state index in [-0.39, 0.29) is 5.91 Å². The van der Waals surface area contributed by atoms with Crippen LogP contribution < -0.4 is 10.1 Å². The van der Waals surface area contributed by atoms with Gasteiger partial charge in [0.15, 0.2) is 0 Å². The van der Waals surface area contributed by atoms with Gasteiger partial charge in [-0.3, -0.25) is 4.79 Å². The second-order valence-corrected chi connectivity index (χ2v) is 7.63. The minimum Gasteiger partial charge on any atom is -0.493 e. The lowest BCUT2D eigenvalue weighted by Gasteiger charge is -2.06. The predicted octanol–water partition coefficient (Wildman–Crippen LogP) is 4.44. The highest BCUT2D eigenvalue weighted by Gasteiger charge is 2.10. The highest BCUT2D eigenvalue weighted by molar-refractivity contribution is 7.11. The van der Waals surface area contributed by atoms with Crippen LogP contribution in [0.3, 0.4) is 0 Å². The van der Waals surface area contributed by atoms with Gasteiger partial charge in [0.05, 0.1) is 25.3 Å². The van der Waals surface area contributed by atoms with Crippen molar-refractivity contribution in [3.8, 4) is 5.75 Å². The van der Waals surface area contributed by atoms with Gasteiger partial charge in [-0.05, 0) is 31.5 Å². The molecule has 0 atom stereocenters. The van der Waals surface area contributed by atoms with Crippen molar-refractivity contribution in [3.63, 3.8) is 0 Å². The third-order valence-corrected chi connectivity index (χ3v) is 5.36. The van der Waals surface area contributed by atoms with Crippen LogP contribution in [0.4, 0.5) is 0 Å². The van der Waals surface area contributed by atoms with Crippen LogP contribution in [0.1, 0.15) is 33.1 Å². The molecule has 3 aromatic rings. The van der Waals surface area contributed by atoms with E-state index in [0.717, 1.165) is 22.9 Å². The molecule has 0 bridgehead atoms. The summed E-state index contributed by atoms with van der Waals surface area (Å²) < 4.78 is 5.55. The molecule has 1 heterocycles. The molecule has 0 fully saturated rings. The van der Waals surface area contributed by atoms with Gasteiger partial charge in [-0.2, -0.15) is 0 Å². The number of nitrogens with zero attached hydrogens (tertiary/aromatic N) is 1. The highest BCUT2D eigenvalue weighted by atomic mass is 32.1. The minimum absolute atomic E-state index is 0.0288. The molecule has 0 saturated heterocycles. The molecule has 0 saturated carbocycles. The fourth-order valence-electron chi connectivity index (χ4n) is 2.66. The van der Waals surface area contributed by atoms with E-state index in [1.807, 2.05) is 37.3 Å². The van der Waals surface area contributed by atoms with Crippen LogP contribution in [-0.4, -0.2) is 17.5 Å². The number of amides is 1. The van der Waals surface area contributed by atoms with Gasteiger partial charge in [0.2, 0.25) is 5.91 Å². The summed E-state index contributed by atoms with van der Waals surface area (Å²) in [5, 5.41) is 3.86. The number of ether oxygens (including phenoxy) is 1. The third-order valence-electron chi connectivity index (χ3n) is 4.20. The summed E-state index contributed by atoms with van der Waals surface area (Å²) in [7, 11) is 0. The van der Waals surface area contributed by atoms with Crippen molar-refractivity contribution in [1.82, 2.24) is 10.3 Å². The summed E-state index contributed by atoms with van der Waals surface area (Å²) in [5.74, 6) is 0.750. The molecule has 0 spiro atoms. The van der Waals surface area contributed by atoms with Gasteiger partial charge in [0.1, 0.15) is 10.8 Å². The molecule has 2 aromatic carbocycles. The van der Waals surface area contributed by atoms with E-state index in [1.165, 1.54) is 16.0 Å². The zero-order valence-electron chi connectivity index (χ0n) is 15.7. The molecule has 140 valence electrons. The Hall–Kier alpha value is -2.66. The van der Waals surface area contributed by atoms with E-state index < -0.39 is 0 Å². The van der Waals surface area contributed by atoms with Crippen LogP contribution in [-0.2, 0) is 17.8 Å². The lowest BCUT2D eigenvalue weighted by Crippen LogP contribution is -2.24. The number of aromatic nitrogens is 1. The van der Waals surface area contributed by atoms with E-state index in [0.29, 0.717) is 19.6 Å². The SMILES string of the molecule is Cc1ccc(Cc2sc(CNC(=O)CCOc3ccccc3)nc2C)cc1. The molecule has 5 heteroatoms. The molecular weight excluding hydrogens is 356 g/mol. The highest BCUT2D eigenvalue weighted by Crippen LogP contribution is 2.22.